The minimum absolute atomic E-state index is 0.0222. The maximum absolute atomic E-state index is 14.9. The monoisotopic (exact) mass is 615 g/mol. The van der Waals surface area contributed by atoms with Gasteiger partial charge >= 0.3 is 0 Å². The second-order valence-corrected chi connectivity index (χ2v) is 14.2. The van der Waals surface area contributed by atoms with Gasteiger partial charge in [0.25, 0.3) is 0 Å². The Labute approximate surface area is 263 Å². The highest BCUT2D eigenvalue weighted by Gasteiger charge is 2.55. The molecule has 6 aliphatic rings. The Balaban J connectivity index is 1.22. The number of dihydropyridines is 1. The molecule has 0 radical (unpaired) electrons. The van der Waals surface area contributed by atoms with Gasteiger partial charge in [0.15, 0.2) is 0 Å². The first-order valence-corrected chi connectivity index (χ1v) is 15.8. The van der Waals surface area contributed by atoms with E-state index < -0.39 is 22.5 Å². The second kappa shape index (κ2) is 9.80. The number of carbonyl (C=O) groups excluding carboxylic acids is 2. The summed E-state index contributed by atoms with van der Waals surface area (Å²) in [6, 6.07) is 5.34. The molecule has 1 saturated carbocycles. The predicted octanol–water partition coefficient (Wildman–Crippen LogP) is 3.38. The van der Waals surface area contributed by atoms with Gasteiger partial charge in [-0.25, -0.2) is 9.82 Å². The van der Waals surface area contributed by atoms with Crippen LogP contribution in [0.2, 0.25) is 0 Å². The molecule has 10 heteroatoms. The molecular formula is C35H42FN5O4. The molecule has 9 nitrogen and oxygen atoms in total. The van der Waals surface area contributed by atoms with Crippen molar-refractivity contribution in [1.29, 1.82) is 0 Å². The molecule has 3 aliphatic carbocycles. The van der Waals surface area contributed by atoms with Crippen molar-refractivity contribution in [2.24, 2.45) is 17.1 Å². The zero-order valence-corrected chi connectivity index (χ0v) is 26.5. The molecule has 0 spiro atoms. The quantitative estimate of drug-likeness (QED) is 0.284. The van der Waals surface area contributed by atoms with Crippen LogP contribution >= 0.6 is 0 Å². The zero-order chi connectivity index (χ0) is 32.1. The van der Waals surface area contributed by atoms with E-state index in [-0.39, 0.29) is 36.3 Å². The van der Waals surface area contributed by atoms with E-state index in [0.29, 0.717) is 52.6 Å². The summed E-state index contributed by atoms with van der Waals surface area (Å²) in [4.78, 5) is 26.5. The van der Waals surface area contributed by atoms with Crippen LogP contribution in [-0.2, 0) is 19.9 Å². The number of fused-ring (bicyclic) bond motifs is 1. The highest BCUT2D eigenvalue weighted by atomic mass is 19.1. The average Bonchev–Trinajstić information content (AvgIpc) is 3.93. The number of nitrogens with zero attached hydrogens (tertiary/aromatic N) is 1. The smallest absolute Gasteiger partial charge is 0.247 e. The summed E-state index contributed by atoms with van der Waals surface area (Å²) in [6.07, 6.45) is 11.2. The lowest BCUT2D eigenvalue weighted by atomic mass is 9.73. The van der Waals surface area contributed by atoms with E-state index in [2.05, 4.69) is 41.1 Å². The molecule has 1 fully saturated rings. The third-order valence-electron chi connectivity index (χ3n) is 11.0. The van der Waals surface area contributed by atoms with Crippen molar-refractivity contribution in [3.8, 4) is 0 Å². The second-order valence-electron chi connectivity index (χ2n) is 14.2. The lowest BCUT2D eigenvalue weighted by molar-refractivity contribution is -0.125. The zero-order valence-electron chi connectivity index (χ0n) is 26.5. The first-order chi connectivity index (χ1) is 21.2. The number of halogens is 1. The Bertz CT molecular complexity index is 1690. The number of nitrogens with one attached hydrogen (secondary N) is 3. The Kier molecular flexibility index (Phi) is 6.49. The Morgan fingerprint density at radius 1 is 1.24 bits per heavy atom. The number of rotatable bonds is 8. The number of ether oxygens (including phenoxy) is 1. The number of allylic oxidation sites excluding steroid dienone is 2. The lowest BCUT2D eigenvalue weighted by Crippen LogP contribution is -2.55. The molecule has 5 atom stereocenters. The van der Waals surface area contributed by atoms with Crippen LogP contribution in [0.5, 0.6) is 0 Å². The van der Waals surface area contributed by atoms with Gasteiger partial charge in [0.05, 0.1) is 17.8 Å². The first kappa shape index (κ1) is 29.8. The highest BCUT2D eigenvalue weighted by molar-refractivity contribution is 5.94. The molecule has 1 aromatic rings. The molecule has 238 valence electrons. The van der Waals surface area contributed by atoms with Gasteiger partial charge < -0.3 is 31.2 Å². The van der Waals surface area contributed by atoms with Crippen LogP contribution in [0.25, 0.3) is 0 Å². The number of amides is 2. The molecule has 0 aromatic heterocycles. The Morgan fingerprint density at radius 2 is 1.98 bits per heavy atom. The third-order valence-corrected chi connectivity index (χ3v) is 11.0. The van der Waals surface area contributed by atoms with E-state index in [1.807, 2.05) is 19.1 Å². The largest absolute Gasteiger partial charge is 0.493 e. The molecule has 3 unspecified atom stereocenters. The maximum Gasteiger partial charge on any atom is 0.247 e. The fraction of sp³-hybridized carbons (Fsp3) is 0.486. The normalized spacial score (nSPS) is 33.0. The SMILES string of the molecule is Cc1c(F)cccc1C1(C)NC([C@@](O)(CNC(=O)C2=CC3=CN(C4CC4)NC3(C)C(C)C2)C2=CC2)=CC2=C1OC[C@]2(C)C(N)=O. The fourth-order valence-electron chi connectivity index (χ4n) is 7.34. The average molecular weight is 616 g/mol. The van der Waals surface area contributed by atoms with E-state index in [9.17, 15) is 19.1 Å². The molecule has 3 aliphatic heterocycles. The molecule has 1 aromatic carbocycles. The Morgan fingerprint density at radius 3 is 2.64 bits per heavy atom. The number of carbonyl (C=O) groups is 2. The molecule has 0 bridgehead atoms. The van der Waals surface area contributed by atoms with Crippen LogP contribution in [0.15, 0.2) is 76.4 Å². The van der Waals surface area contributed by atoms with E-state index in [4.69, 9.17) is 10.5 Å². The number of hydrazine groups is 1. The van der Waals surface area contributed by atoms with Crippen LogP contribution in [0, 0.1) is 24.1 Å². The minimum atomic E-state index is -1.61. The number of aliphatic hydroxyl groups is 1. The van der Waals surface area contributed by atoms with Gasteiger partial charge in [0.1, 0.15) is 34.7 Å². The summed E-state index contributed by atoms with van der Waals surface area (Å²) in [5.74, 6) is -0.538. The van der Waals surface area contributed by atoms with Crippen molar-refractivity contribution < 1.29 is 23.8 Å². The predicted molar refractivity (Wildman–Crippen MR) is 167 cm³/mol. The van der Waals surface area contributed by atoms with E-state index in [1.165, 1.54) is 6.07 Å². The number of nitrogens with two attached hydrogens (primary N) is 1. The number of benzene rings is 1. The van der Waals surface area contributed by atoms with Crippen LogP contribution in [0.4, 0.5) is 4.39 Å². The van der Waals surface area contributed by atoms with Gasteiger partial charge in [-0.3, -0.25) is 9.59 Å². The van der Waals surface area contributed by atoms with Gasteiger partial charge in [-0.2, -0.15) is 0 Å². The summed E-state index contributed by atoms with van der Waals surface area (Å²) in [5.41, 5.74) is 9.85. The standard InChI is InChI=1S/C35H42FN5O4/c1-19-13-21(14-23-16-41(24-11-12-24)40-33(19,23)4)30(42)38-17-35(44,22-9-10-22)28-15-26-29(45-18-32(26,3)31(37)43)34(5,39-28)25-7-6-8-27(36)20(25)2/h6-9,14-16,19,24,39-40,44H,10-13,17-18H2,1-5H3,(H2,37,43)(H,38,42)/t19?,32-,33?,34?,35+/m0/s1. The van der Waals surface area contributed by atoms with Crippen molar-refractivity contribution in [2.45, 2.75) is 83.0 Å². The lowest BCUT2D eigenvalue weighted by Gasteiger charge is -2.43. The highest BCUT2D eigenvalue weighted by Crippen LogP contribution is 2.51. The molecule has 0 saturated heterocycles. The van der Waals surface area contributed by atoms with Gasteiger partial charge in [-0.15, -0.1) is 0 Å². The van der Waals surface area contributed by atoms with Crippen molar-refractivity contribution in [2.75, 3.05) is 13.2 Å². The summed E-state index contributed by atoms with van der Waals surface area (Å²) in [5, 5.41) is 21.1. The van der Waals surface area contributed by atoms with E-state index in [0.717, 1.165) is 24.0 Å². The van der Waals surface area contributed by atoms with Crippen LogP contribution in [0.1, 0.15) is 64.5 Å². The molecule has 6 N–H and O–H groups in total. The van der Waals surface area contributed by atoms with Crippen molar-refractivity contribution in [3.63, 3.8) is 0 Å². The third kappa shape index (κ3) is 4.47. The number of primary amides is 1. The Hall–Kier alpha value is -3.89. The van der Waals surface area contributed by atoms with Crippen molar-refractivity contribution in [3.05, 3.63) is 93.3 Å². The maximum atomic E-state index is 14.9. The molecule has 2 amide bonds. The molecule has 7 rings (SSSR count). The summed E-state index contributed by atoms with van der Waals surface area (Å²) in [6.45, 7) is 9.52. The van der Waals surface area contributed by atoms with Gasteiger partial charge in [-0.05, 0) is 99.8 Å². The van der Waals surface area contributed by atoms with Crippen LogP contribution in [-0.4, -0.2) is 52.3 Å². The van der Waals surface area contributed by atoms with Gasteiger partial charge in [0, 0.05) is 23.4 Å². The summed E-state index contributed by atoms with van der Waals surface area (Å²) < 4.78 is 21.0. The van der Waals surface area contributed by atoms with Crippen LogP contribution in [0.3, 0.4) is 0 Å². The van der Waals surface area contributed by atoms with Crippen molar-refractivity contribution in [1.82, 2.24) is 21.1 Å². The van der Waals surface area contributed by atoms with E-state index >= 15 is 0 Å². The number of hydrogen-bond acceptors (Lipinski definition) is 7. The molecule has 45 heavy (non-hydrogen) atoms. The minimum Gasteiger partial charge on any atom is -0.493 e. The first-order valence-electron chi connectivity index (χ1n) is 15.8. The van der Waals surface area contributed by atoms with Gasteiger partial charge in [0.2, 0.25) is 11.8 Å². The molecule has 3 heterocycles. The molecular weight excluding hydrogens is 573 g/mol. The topological polar surface area (TPSA) is 129 Å². The summed E-state index contributed by atoms with van der Waals surface area (Å²) in [7, 11) is 0. The summed E-state index contributed by atoms with van der Waals surface area (Å²) >= 11 is 0. The van der Waals surface area contributed by atoms with Crippen LogP contribution < -0.4 is 21.8 Å². The van der Waals surface area contributed by atoms with Crippen molar-refractivity contribution >= 4 is 11.8 Å². The van der Waals surface area contributed by atoms with E-state index in [1.54, 1.807) is 32.1 Å². The number of hydrogen-bond donors (Lipinski definition) is 5. The fourth-order valence-corrected chi connectivity index (χ4v) is 7.34. The van der Waals surface area contributed by atoms with Gasteiger partial charge in [-0.1, -0.05) is 25.1 Å².